The normalized spacial score (nSPS) is 13.7. The summed E-state index contributed by atoms with van der Waals surface area (Å²) in [6.45, 7) is 2.14. The third-order valence-electron chi connectivity index (χ3n) is 5.22. The first kappa shape index (κ1) is 17.6. The molecule has 0 radical (unpaired) electrons. The van der Waals surface area contributed by atoms with Gasteiger partial charge in [0.25, 0.3) is 0 Å². The van der Waals surface area contributed by atoms with Crippen LogP contribution >= 0.6 is 0 Å². The monoisotopic (exact) mass is 417 g/mol. The highest BCUT2D eigenvalue weighted by molar-refractivity contribution is 5.82. The van der Waals surface area contributed by atoms with Crippen LogP contribution in [0.2, 0.25) is 0 Å². The third kappa shape index (κ3) is 2.83. The fourth-order valence-corrected chi connectivity index (χ4v) is 3.80. The summed E-state index contributed by atoms with van der Waals surface area (Å²) in [6, 6.07) is 9.87. The summed E-state index contributed by atoms with van der Waals surface area (Å²) in [5.74, 6) is 2.26. The number of benzene rings is 2. The Morgan fingerprint density at radius 3 is 2.94 bits per heavy atom. The SMILES string of the molecule is C[C@H](Nc1ncnc2nc[nH]c12)c1nc2ccc(F)cc2n1-c1ccc2c(c1)OCO2. The number of halogens is 1. The molecule has 0 fully saturated rings. The van der Waals surface area contributed by atoms with Gasteiger partial charge in [-0.2, -0.15) is 0 Å². The van der Waals surface area contributed by atoms with Crippen molar-refractivity contribution < 1.29 is 13.9 Å². The number of imidazole rings is 2. The van der Waals surface area contributed by atoms with Crippen molar-refractivity contribution in [3.05, 3.63) is 60.7 Å². The fourth-order valence-electron chi connectivity index (χ4n) is 3.80. The molecule has 5 aromatic rings. The van der Waals surface area contributed by atoms with Crippen molar-refractivity contribution in [1.29, 1.82) is 0 Å². The smallest absolute Gasteiger partial charge is 0.231 e. The molecule has 0 aliphatic carbocycles. The molecule has 1 aliphatic heterocycles. The lowest BCUT2D eigenvalue weighted by atomic mass is 10.2. The van der Waals surface area contributed by atoms with Crippen molar-refractivity contribution in [3.8, 4) is 17.2 Å². The number of fused-ring (bicyclic) bond motifs is 3. The van der Waals surface area contributed by atoms with E-state index in [2.05, 4.69) is 25.3 Å². The van der Waals surface area contributed by atoms with Gasteiger partial charge in [0, 0.05) is 12.1 Å². The fraction of sp³-hybridized carbons (Fsp3) is 0.143. The summed E-state index contributed by atoms with van der Waals surface area (Å²) < 4.78 is 27.0. The topological polar surface area (TPSA) is 103 Å². The number of rotatable bonds is 4. The number of aromatic amines is 1. The number of ether oxygens (including phenoxy) is 2. The van der Waals surface area contributed by atoms with Gasteiger partial charge in [0.15, 0.2) is 23.0 Å². The predicted octanol–water partition coefficient (Wildman–Crippen LogP) is 3.73. The predicted molar refractivity (Wildman–Crippen MR) is 111 cm³/mol. The van der Waals surface area contributed by atoms with Crippen LogP contribution in [0.25, 0.3) is 27.9 Å². The van der Waals surface area contributed by atoms with Gasteiger partial charge in [-0.05, 0) is 31.2 Å². The Balaban J connectivity index is 1.49. The Morgan fingerprint density at radius 2 is 2.00 bits per heavy atom. The minimum atomic E-state index is -0.337. The Labute approximate surface area is 174 Å². The number of hydrogen-bond acceptors (Lipinski definition) is 7. The maximum absolute atomic E-state index is 14.1. The van der Waals surface area contributed by atoms with Crippen molar-refractivity contribution in [3.63, 3.8) is 0 Å². The van der Waals surface area contributed by atoms with Crippen molar-refractivity contribution in [2.45, 2.75) is 13.0 Å². The maximum Gasteiger partial charge on any atom is 0.231 e. The molecule has 9 nitrogen and oxygen atoms in total. The summed E-state index contributed by atoms with van der Waals surface area (Å²) in [7, 11) is 0. The van der Waals surface area contributed by atoms with E-state index in [0.717, 1.165) is 5.69 Å². The van der Waals surface area contributed by atoms with Crippen LogP contribution in [-0.4, -0.2) is 36.3 Å². The summed E-state index contributed by atoms with van der Waals surface area (Å²) in [4.78, 5) is 20.5. The van der Waals surface area contributed by atoms with E-state index >= 15 is 0 Å². The average molecular weight is 417 g/mol. The quantitative estimate of drug-likeness (QED) is 0.459. The molecule has 2 N–H and O–H groups in total. The summed E-state index contributed by atoms with van der Waals surface area (Å²) in [6.07, 6.45) is 3.02. The van der Waals surface area contributed by atoms with E-state index in [1.165, 1.54) is 18.5 Å². The Hall–Kier alpha value is -4.21. The molecule has 3 aromatic heterocycles. The molecule has 154 valence electrons. The molecule has 6 rings (SSSR count). The minimum absolute atomic E-state index is 0.177. The Bertz CT molecular complexity index is 1440. The molecule has 1 atom stereocenters. The zero-order chi connectivity index (χ0) is 20.9. The van der Waals surface area contributed by atoms with Gasteiger partial charge in [-0.25, -0.2) is 24.3 Å². The van der Waals surface area contributed by atoms with Crippen LogP contribution in [0.5, 0.6) is 11.5 Å². The van der Waals surface area contributed by atoms with Gasteiger partial charge in [-0.1, -0.05) is 0 Å². The number of anilines is 1. The van der Waals surface area contributed by atoms with Gasteiger partial charge in [-0.3, -0.25) is 4.57 Å². The van der Waals surface area contributed by atoms with Gasteiger partial charge in [-0.15, -0.1) is 0 Å². The number of aromatic nitrogens is 6. The zero-order valence-corrected chi connectivity index (χ0v) is 16.3. The van der Waals surface area contributed by atoms with E-state index in [1.54, 1.807) is 12.4 Å². The number of nitrogens with one attached hydrogen (secondary N) is 2. The molecule has 0 unspecified atom stereocenters. The average Bonchev–Trinajstić information content (AvgIpc) is 3.50. The van der Waals surface area contributed by atoms with Gasteiger partial charge in [0.1, 0.15) is 23.5 Å². The van der Waals surface area contributed by atoms with Crippen LogP contribution in [0.1, 0.15) is 18.8 Å². The molecule has 10 heteroatoms. The Kier molecular flexibility index (Phi) is 3.79. The number of H-pyrrole nitrogens is 1. The number of nitrogens with zero attached hydrogens (tertiary/aromatic N) is 5. The molecule has 1 aliphatic rings. The maximum atomic E-state index is 14.1. The minimum Gasteiger partial charge on any atom is -0.454 e. The second-order valence-corrected chi connectivity index (χ2v) is 7.17. The largest absolute Gasteiger partial charge is 0.454 e. The van der Waals surface area contributed by atoms with Crippen LogP contribution in [0.3, 0.4) is 0 Å². The molecule has 31 heavy (non-hydrogen) atoms. The van der Waals surface area contributed by atoms with Crippen LogP contribution in [0, 0.1) is 5.82 Å². The summed E-state index contributed by atoms with van der Waals surface area (Å²) in [5.41, 5.74) is 3.38. The van der Waals surface area contributed by atoms with Crippen molar-refractivity contribution in [2.75, 3.05) is 12.1 Å². The standard InChI is InChI=1S/C21H16FN7O2/c1-11(27-20-18-19(24-8-23-18)25-9-26-20)21-28-14-4-2-12(22)6-15(14)29(21)13-3-5-16-17(7-13)31-10-30-16/h2-9,11H,10H2,1H3,(H2,23,24,25,26,27)/t11-/m0/s1. The van der Waals surface area contributed by atoms with Crippen LogP contribution in [0.15, 0.2) is 49.1 Å². The van der Waals surface area contributed by atoms with Gasteiger partial charge >= 0.3 is 0 Å². The molecule has 0 saturated carbocycles. The van der Waals surface area contributed by atoms with Crippen LogP contribution in [0.4, 0.5) is 10.2 Å². The van der Waals surface area contributed by atoms with Gasteiger partial charge in [0.05, 0.1) is 29.1 Å². The van der Waals surface area contributed by atoms with Crippen LogP contribution in [-0.2, 0) is 0 Å². The molecule has 0 amide bonds. The second-order valence-electron chi connectivity index (χ2n) is 7.17. The van der Waals surface area contributed by atoms with E-state index in [4.69, 9.17) is 14.5 Å². The first-order valence-electron chi connectivity index (χ1n) is 9.66. The molecular formula is C21H16FN7O2. The van der Waals surface area contributed by atoms with Crippen molar-refractivity contribution in [2.24, 2.45) is 0 Å². The molecule has 0 saturated heterocycles. The lowest BCUT2D eigenvalue weighted by molar-refractivity contribution is 0.174. The lowest BCUT2D eigenvalue weighted by Crippen LogP contribution is -2.14. The highest BCUT2D eigenvalue weighted by Gasteiger charge is 2.22. The van der Waals surface area contributed by atoms with E-state index < -0.39 is 0 Å². The zero-order valence-electron chi connectivity index (χ0n) is 16.3. The lowest BCUT2D eigenvalue weighted by Gasteiger charge is -2.17. The van der Waals surface area contributed by atoms with Gasteiger partial charge in [0.2, 0.25) is 6.79 Å². The molecule has 0 spiro atoms. The molecule has 2 aromatic carbocycles. The van der Waals surface area contributed by atoms with E-state index in [1.807, 2.05) is 29.7 Å². The highest BCUT2D eigenvalue weighted by atomic mass is 19.1. The Morgan fingerprint density at radius 1 is 1.10 bits per heavy atom. The van der Waals surface area contributed by atoms with E-state index in [-0.39, 0.29) is 18.7 Å². The number of hydrogen-bond donors (Lipinski definition) is 2. The second kappa shape index (κ2) is 6.66. The van der Waals surface area contributed by atoms with E-state index in [9.17, 15) is 4.39 Å². The molecule has 4 heterocycles. The first-order valence-corrected chi connectivity index (χ1v) is 9.66. The molecular weight excluding hydrogens is 401 g/mol. The van der Waals surface area contributed by atoms with E-state index in [0.29, 0.717) is 45.3 Å². The third-order valence-corrected chi connectivity index (χ3v) is 5.22. The first-order chi connectivity index (χ1) is 15.2. The van der Waals surface area contributed by atoms with Crippen molar-refractivity contribution >= 4 is 28.0 Å². The summed E-state index contributed by atoms with van der Waals surface area (Å²) in [5, 5.41) is 3.37. The molecule has 0 bridgehead atoms. The van der Waals surface area contributed by atoms with Crippen molar-refractivity contribution in [1.82, 2.24) is 29.5 Å². The van der Waals surface area contributed by atoms with Gasteiger partial charge < -0.3 is 19.8 Å². The summed E-state index contributed by atoms with van der Waals surface area (Å²) >= 11 is 0. The highest BCUT2D eigenvalue weighted by Crippen LogP contribution is 2.36. The van der Waals surface area contributed by atoms with Crippen LogP contribution < -0.4 is 14.8 Å².